The molecule has 0 aliphatic carbocycles. The van der Waals surface area contributed by atoms with Crippen molar-refractivity contribution in [3.63, 3.8) is 0 Å². The molecule has 1 rings (SSSR count). The van der Waals surface area contributed by atoms with Crippen molar-refractivity contribution in [2.45, 2.75) is 18.9 Å². The molecule has 0 aromatic heterocycles. The molecule has 0 amide bonds. The third kappa shape index (κ3) is 2.91. The molecule has 1 unspecified atom stereocenters. The predicted octanol–water partition coefficient (Wildman–Crippen LogP) is -0.0123. The van der Waals surface area contributed by atoms with Crippen molar-refractivity contribution in [3.05, 3.63) is 0 Å². The maximum Gasteiger partial charge on any atom is 0.0658 e. The molecule has 0 saturated carbocycles. The van der Waals surface area contributed by atoms with E-state index in [0.717, 1.165) is 39.2 Å². The Hall–Kier alpha value is -0.160. The smallest absolute Gasteiger partial charge is 0.0658 e. The summed E-state index contributed by atoms with van der Waals surface area (Å²) in [7, 11) is 3.93. The van der Waals surface area contributed by atoms with Gasteiger partial charge in [0, 0.05) is 39.8 Å². The molecule has 4 heteroatoms. The van der Waals surface area contributed by atoms with E-state index >= 15 is 0 Å². The van der Waals surface area contributed by atoms with Crippen molar-refractivity contribution in [1.29, 1.82) is 0 Å². The zero-order chi connectivity index (χ0) is 11.3. The van der Waals surface area contributed by atoms with Crippen LogP contribution in [0.2, 0.25) is 0 Å². The topological polar surface area (TPSA) is 41.7 Å². The van der Waals surface area contributed by atoms with E-state index in [1.807, 2.05) is 0 Å². The van der Waals surface area contributed by atoms with E-state index in [0.29, 0.717) is 6.54 Å². The van der Waals surface area contributed by atoms with Crippen molar-refractivity contribution >= 4 is 0 Å². The Morgan fingerprint density at radius 3 is 2.27 bits per heavy atom. The number of nitrogens with two attached hydrogens (primary N) is 1. The summed E-state index contributed by atoms with van der Waals surface area (Å²) in [6, 6.07) is 0. The number of hydrogen-bond acceptors (Lipinski definition) is 4. The van der Waals surface area contributed by atoms with Gasteiger partial charge in [0.1, 0.15) is 0 Å². The van der Waals surface area contributed by atoms with Crippen molar-refractivity contribution in [1.82, 2.24) is 9.80 Å². The highest BCUT2D eigenvalue weighted by Gasteiger charge is 2.35. The van der Waals surface area contributed by atoms with E-state index in [1.54, 1.807) is 7.11 Å². The standard InChI is InChI=1S/C11H25N3O/c1-4-11(9-12,10-15-3)14-7-5-13(2)6-8-14/h4-10,12H2,1-3H3. The summed E-state index contributed by atoms with van der Waals surface area (Å²) in [5.41, 5.74) is 5.99. The number of piperazine rings is 1. The Morgan fingerprint density at radius 1 is 1.27 bits per heavy atom. The van der Waals surface area contributed by atoms with Crippen LogP contribution in [0.15, 0.2) is 0 Å². The van der Waals surface area contributed by atoms with Crippen LogP contribution in [0, 0.1) is 0 Å². The quantitative estimate of drug-likeness (QED) is 0.700. The second kappa shape index (κ2) is 5.80. The molecule has 1 aliphatic rings. The number of rotatable bonds is 5. The molecule has 0 radical (unpaired) electrons. The van der Waals surface area contributed by atoms with E-state index in [2.05, 4.69) is 23.8 Å². The van der Waals surface area contributed by atoms with Gasteiger partial charge in [-0.2, -0.15) is 0 Å². The van der Waals surface area contributed by atoms with Gasteiger partial charge >= 0.3 is 0 Å². The van der Waals surface area contributed by atoms with Gasteiger partial charge in [-0.25, -0.2) is 0 Å². The number of likely N-dealkylation sites (N-methyl/N-ethyl adjacent to an activating group) is 1. The summed E-state index contributed by atoms with van der Waals surface area (Å²) in [4.78, 5) is 4.86. The third-order valence-corrected chi connectivity index (χ3v) is 3.63. The molecule has 0 bridgehead atoms. The number of ether oxygens (including phenoxy) is 1. The average Bonchev–Trinajstić information content (AvgIpc) is 2.27. The summed E-state index contributed by atoms with van der Waals surface area (Å²) < 4.78 is 5.33. The Bertz CT molecular complexity index is 175. The summed E-state index contributed by atoms with van der Waals surface area (Å²) >= 11 is 0. The first-order valence-corrected chi connectivity index (χ1v) is 5.81. The van der Waals surface area contributed by atoms with Crippen LogP contribution in [0.25, 0.3) is 0 Å². The van der Waals surface area contributed by atoms with E-state index in [4.69, 9.17) is 10.5 Å². The van der Waals surface area contributed by atoms with Crippen molar-refractivity contribution in [2.24, 2.45) is 5.73 Å². The summed E-state index contributed by atoms with van der Waals surface area (Å²) in [5.74, 6) is 0. The molecule has 1 heterocycles. The molecule has 90 valence electrons. The van der Waals surface area contributed by atoms with E-state index in [1.165, 1.54) is 0 Å². The SMILES string of the molecule is CCC(CN)(COC)N1CCN(C)CC1. The largest absolute Gasteiger partial charge is 0.383 e. The second-order valence-corrected chi connectivity index (χ2v) is 4.51. The van der Waals surface area contributed by atoms with Crippen LogP contribution in [0.4, 0.5) is 0 Å². The number of methoxy groups -OCH3 is 1. The Labute approximate surface area is 93.4 Å². The molecule has 0 spiro atoms. The maximum absolute atomic E-state index is 5.93. The molecular weight excluding hydrogens is 190 g/mol. The lowest BCUT2D eigenvalue weighted by Crippen LogP contribution is -2.61. The number of hydrogen-bond donors (Lipinski definition) is 1. The Morgan fingerprint density at radius 2 is 1.87 bits per heavy atom. The summed E-state index contributed by atoms with van der Waals surface area (Å²) in [5, 5.41) is 0. The lowest BCUT2D eigenvalue weighted by molar-refractivity contribution is -0.0119. The van der Waals surface area contributed by atoms with Crippen molar-refractivity contribution in [2.75, 3.05) is 53.5 Å². The fourth-order valence-corrected chi connectivity index (χ4v) is 2.30. The van der Waals surface area contributed by atoms with Crippen LogP contribution in [-0.2, 0) is 4.74 Å². The van der Waals surface area contributed by atoms with Gasteiger partial charge in [0.15, 0.2) is 0 Å². The van der Waals surface area contributed by atoms with Gasteiger partial charge in [0.25, 0.3) is 0 Å². The average molecular weight is 215 g/mol. The fourth-order valence-electron chi connectivity index (χ4n) is 2.30. The minimum atomic E-state index is 0.0516. The first-order valence-electron chi connectivity index (χ1n) is 5.81. The van der Waals surface area contributed by atoms with Crippen LogP contribution < -0.4 is 5.73 Å². The molecule has 0 aromatic rings. The zero-order valence-corrected chi connectivity index (χ0v) is 10.3. The number of nitrogens with zero attached hydrogens (tertiary/aromatic N) is 2. The highest BCUT2D eigenvalue weighted by Crippen LogP contribution is 2.20. The lowest BCUT2D eigenvalue weighted by atomic mass is 9.94. The van der Waals surface area contributed by atoms with Gasteiger partial charge in [-0.15, -0.1) is 0 Å². The molecular formula is C11H25N3O. The van der Waals surface area contributed by atoms with Gasteiger partial charge in [0.2, 0.25) is 0 Å². The summed E-state index contributed by atoms with van der Waals surface area (Å²) in [6.45, 7) is 8.09. The van der Waals surface area contributed by atoms with Crippen LogP contribution in [-0.4, -0.2) is 68.8 Å². The first kappa shape index (κ1) is 12.9. The van der Waals surface area contributed by atoms with Gasteiger partial charge in [-0.05, 0) is 13.5 Å². The molecule has 1 aliphatic heterocycles. The van der Waals surface area contributed by atoms with Crippen LogP contribution >= 0.6 is 0 Å². The van der Waals surface area contributed by atoms with Gasteiger partial charge in [-0.1, -0.05) is 6.92 Å². The maximum atomic E-state index is 5.93. The molecule has 1 saturated heterocycles. The van der Waals surface area contributed by atoms with E-state index in [-0.39, 0.29) is 5.54 Å². The Balaban J connectivity index is 2.62. The minimum absolute atomic E-state index is 0.0516. The minimum Gasteiger partial charge on any atom is -0.383 e. The van der Waals surface area contributed by atoms with Crippen LogP contribution in [0.5, 0.6) is 0 Å². The van der Waals surface area contributed by atoms with E-state index in [9.17, 15) is 0 Å². The fraction of sp³-hybridized carbons (Fsp3) is 1.00. The van der Waals surface area contributed by atoms with Crippen molar-refractivity contribution < 1.29 is 4.74 Å². The molecule has 1 fully saturated rings. The molecule has 2 N–H and O–H groups in total. The van der Waals surface area contributed by atoms with Gasteiger partial charge in [-0.3, -0.25) is 4.90 Å². The summed E-state index contributed by atoms with van der Waals surface area (Å²) in [6.07, 6.45) is 1.06. The van der Waals surface area contributed by atoms with E-state index < -0.39 is 0 Å². The molecule has 15 heavy (non-hydrogen) atoms. The molecule has 4 nitrogen and oxygen atoms in total. The van der Waals surface area contributed by atoms with Gasteiger partial charge in [0.05, 0.1) is 12.1 Å². The normalized spacial score (nSPS) is 24.0. The zero-order valence-electron chi connectivity index (χ0n) is 10.3. The monoisotopic (exact) mass is 215 g/mol. The first-order chi connectivity index (χ1) is 7.18. The Kier molecular flexibility index (Phi) is 4.99. The van der Waals surface area contributed by atoms with Gasteiger partial charge < -0.3 is 15.4 Å². The van der Waals surface area contributed by atoms with Crippen LogP contribution in [0.3, 0.4) is 0 Å². The van der Waals surface area contributed by atoms with Crippen LogP contribution in [0.1, 0.15) is 13.3 Å². The predicted molar refractivity (Wildman–Crippen MR) is 63.0 cm³/mol. The lowest BCUT2D eigenvalue weighted by Gasteiger charge is -2.46. The highest BCUT2D eigenvalue weighted by atomic mass is 16.5. The second-order valence-electron chi connectivity index (χ2n) is 4.51. The molecule has 1 atom stereocenters. The molecule has 0 aromatic carbocycles. The highest BCUT2D eigenvalue weighted by molar-refractivity contribution is 4.92. The third-order valence-electron chi connectivity index (χ3n) is 3.63. The van der Waals surface area contributed by atoms with Crippen molar-refractivity contribution in [3.8, 4) is 0 Å².